The average molecular weight is 571 g/mol. The van der Waals surface area contributed by atoms with Crippen LogP contribution in [0.5, 0.6) is 5.75 Å². The van der Waals surface area contributed by atoms with Gasteiger partial charge in [-0.3, -0.25) is 24.1 Å². The van der Waals surface area contributed by atoms with Gasteiger partial charge >= 0.3 is 0 Å². The lowest BCUT2D eigenvalue weighted by atomic mass is 9.90. The Morgan fingerprint density at radius 1 is 1.00 bits per heavy atom. The van der Waals surface area contributed by atoms with Crippen LogP contribution in [-0.2, 0) is 35.1 Å². The molecule has 41 heavy (non-hydrogen) atoms. The minimum Gasteiger partial charge on any atom is -0.497 e. The Kier molecular flexibility index (Phi) is 10.5. The summed E-state index contributed by atoms with van der Waals surface area (Å²) in [5.74, 6) is -0.467. The van der Waals surface area contributed by atoms with Crippen LogP contribution < -0.4 is 20.7 Å². The third-order valence-electron chi connectivity index (χ3n) is 7.88. The molecule has 2 aliphatic heterocycles. The molecule has 2 saturated heterocycles. The number of epoxide rings is 1. The lowest BCUT2D eigenvalue weighted by Gasteiger charge is -2.27. The quantitative estimate of drug-likeness (QED) is 0.220. The van der Waals surface area contributed by atoms with E-state index in [-0.39, 0.29) is 30.6 Å². The molecular weight excluding hydrogens is 528 g/mol. The van der Waals surface area contributed by atoms with Crippen LogP contribution in [0.4, 0.5) is 0 Å². The summed E-state index contributed by atoms with van der Waals surface area (Å²) in [5.41, 5.74) is -0.0894. The van der Waals surface area contributed by atoms with Crippen molar-refractivity contribution in [1.82, 2.24) is 20.9 Å². The van der Waals surface area contributed by atoms with Crippen LogP contribution in [0.15, 0.2) is 36.4 Å². The molecular formula is C30H42N4O7. The highest BCUT2D eigenvalue weighted by Gasteiger charge is 2.50. The number of hydrogen-bond acceptors (Lipinski definition) is 8. The second-order valence-corrected chi connectivity index (χ2v) is 11.3. The van der Waals surface area contributed by atoms with Gasteiger partial charge in [-0.2, -0.15) is 0 Å². The molecule has 0 bridgehead atoms. The van der Waals surface area contributed by atoms with Crippen molar-refractivity contribution in [2.75, 3.05) is 46.6 Å². The largest absolute Gasteiger partial charge is 0.497 e. The molecule has 0 aromatic heterocycles. The van der Waals surface area contributed by atoms with Crippen molar-refractivity contribution in [2.24, 2.45) is 5.92 Å². The standard InChI is InChI=1S/C30H42N4O7/c1-20(31-26(35)18-34-12-14-40-15-13-34)28(37)33-25(17-22-8-10-23(39-3)11-9-22)29(38)32-24(16-21-6-4-5-7-21)27(36)30(2)19-41-30/h4-5,8-11,20-21,24-25H,6-7,12-19H2,1-3H3,(H,31,35)(H,32,38)(H,33,37)/t20-,24-,25-,30+/m0/s1. The Hall–Kier alpha value is -3.28. The lowest BCUT2D eigenvalue weighted by Crippen LogP contribution is -2.57. The Balaban J connectivity index is 1.43. The van der Waals surface area contributed by atoms with Crippen molar-refractivity contribution in [3.8, 4) is 5.75 Å². The number of nitrogens with one attached hydrogen (secondary N) is 3. The molecule has 1 aliphatic carbocycles. The number of allylic oxidation sites excluding steroid dienone is 2. The van der Waals surface area contributed by atoms with Crippen LogP contribution in [0.25, 0.3) is 0 Å². The average Bonchev–Trinajstić information content (AvgIpc) is 3.51. The molecule has 3 N–H and O–H groups in total. The van der Waals surface area contributed by atoms with Gasteiger partial charge in [0, 0.05) is 19.5 Å². The van der Waals surface area contributed by atoms with Crippen LogP contribution in [0.3, 0.4) is 0 Å². The summed E-state index contributed by atoms with van der Waals surface area (Å²) in [6.45, 7) is 6.25. The lowest BCUT2D eigenvalue weighted by molar-refractivity contribution is -0.134. The van der Waals surface area contributed by atoms with Crippen LogP contribution in [-0.4, -0.2) is 98.7 Å². The maximum Gasteiger partial charge on any atom is 0.243 e. The van der Waals surface area contributed by atoms with E-state index >= 15 is 0 Å². The smallest absolute Gasteiger partial charge is 0.243 e. The van der Waals surface area contributed by atoms with E-state index < -0.39 is 35.5 Å². The maximum atomic E-state index is 13.7. The number of amides is 3. The van der Waals surface area contributed by atoms with Gasteiger partial charge in [-0.05, 0) is 56.7 Å². The first kappa shape index (κ1) is 30.7. The molecule has 11 heteroatoms. The number of ketones is 1. The second kappa shape index (κ2) is 14.1. The summed E-state index contributed by atoms with van der Waals surface area (Å²) < 4.78 is 16.0. The Bertz CT molecular complexity index is 1100. The van der Waals surface area contributed by atoms with E-state index in [2.05, 4.69) is 28.1 Å². The zero-order valence-corrected chi connectivity index (χ0v) is 24.1. The van der Waals surface area contributed by atoms with E-state index in [0.717, 1.165) is 18.4 Å². The summed E-state index contributed by atoms with van der Waals surface area (Å²) in [4.78, 5) is 54.7. The van der Waals surface area contributed by atoms with Gasteiger partial charge in [-0.15, -0.1) is 0 Å². The second-order valence-electron chi connectivity index (χ2n) is 11.3. The summed E-state index contributed by atoms with van der Waals surface area (Å²) >= 11 is 0. The number of carbonyl (C=O) groups is 4. The summed E-state index contributed by atoms with van der Waals surface area (Å²) in [5, 5.41) is 8.47. The number of rotatable bonds is 14. The van der Waals surface area contributed by atoms with E-state index in [4.69, 9.17) is 14.2 Å². The number of nitrogens with zero attached hydrogens (tertiary/aromatic N) is 1. The minimum atomic E-state index is -0.973. The van der Waals surface area contributed by atoms with E-state index in [1.54, 1.807) is 33.1 Å². The summed E-state index contributed by atoms with van der Waals surface area (Å²) in [6.07, 6.45) is 6.56. The van der Waals surface area contributed by atoms with Gasteiger partial charge in [-0.1, -0.05) is 24.3 Å². The molecule has 0 unspecified atom stereocenters. The third-order valence-corrected chi connectivity index (χ3v) is 7.88. The molecule has 2 heterocycles. The Morgan fingerprint density at radius 3 is 2.24 bits per heavy atom. The fourth-order valence-electron chi connectivity index (χ4n) is 5.14. The SMILES string of the molecule is COc1ccc(C[C@H](NC(=O)[C@H](C)NC(=O)CN2CCOCC2)C(=O)N[C@@H](CC2CC=CC2)C(=O)[C@@]2(C)CO2)cc1. The first-order valence-corrected chi connectivity index (χ1v) is 14.3. The predicted octanol–water partition coefficient (Wildman–Crippen LogP) is 0.759. The maximum absolute atomic E-state index is 13.7. The topological polar surface area (TPSA) is 139 Å². The van der Waals surface area contributed by atoms with Crippen molar-refractivity contribution >= 4 is 23.5 Å². The number of carbonyl (C=O) groups excluding carboxylic acids is 4. The van der Waals surface area contributed by atoms with Crippen molar-refractivity contribution in [3.63, 3.8) is 0 Å². The molecule has 11 nitrogen and oxygen atoms in total. The van der Waals surface area contributed by atoms with E-state index in [1.807, 2.05) is 17.0 Å². The van der Waals surface area contributed by atoms with E-state index in [9.17, 15) is 19.2 Å². The van der Waals surface area contributed by atoms with Gasteiger partial charge in [0.05, 0.1) is 39.5 Å². The van der Waals surface area contributed by atoms with Gasteiger partial charge in [-0.25, -0.2) is 0 Å². The van der Waals surface area contributed by atoms with E-state index in [0.29, 0.717) is 45.1 Å². The van der Waals surface area contributed by atoms with Gasteiger partial charge in [0.1, 0.15) is 23.4 Å². The molecule has 1 aromatic rings. The van der Waals surface area contributed by atoms with Crippen molar-refractivity contribution in [1.29, 1.82) is 0 Å². The van der Waals surface area contributed by atoms with Crippen LogP contribution in [0.2, 0.25) is 0 Å². The molecule has 4 atom stereocenters. The molecule has 0 spiro atoms. The normalized spacial score (nSPS) is 22.8. The zero-order valence-electron chi connectivity index (χ0n) is 24.1. The molecule has 0 radical (unpaired) electrons. The number of morpholine rings is 1. The number of hydrogen-bond donors (Lipinski definition) is 3. The van der Waals surface area contributed by atoms with E-state index in [1.165, 1.54) is 0 Å². The summed E-state index contributed by atoms with van der Waals surface area (Å²) in [6, 6.07) is 4.64. The third kappa shape index (κ3) is 8.85. The fourth-order valence-corrected chi connectivity index (χ4v) is 5.14. The molecule has 224 valence electrons. The van der Waals surface area contributed by atoms with Crippen molar-refractivity contribution in [3.05, 3.63) is 42.0 Å². The number of Topliss-reactive ketones (excluding diaryl/α,β-unsaturated/α-hetero) is 1. The molecule has 2 fully saturated rings. The van der Waals surface area contributed by atoms with Crippen LogP contribution >= 0.6 is 0 Å². The van der Waals surface area contributed by atoms with Crippen molar-refractivity contribution < 1.29 is 33.4 Å². The van der Waals surface area contributed by atoms with Crippen LogP contribution in [0.1, 0.15) is 38.7 Å². The molecule has 3 amide bonds. The number of benzene rings is 1. The number of ether oxygens (including phenoxy) is 3. The number of methoxy groups -OCH3 is 1. The van der Waals surface area contributed by atoms with Gasteiger partial charge in [0.2, 0.25) is 17.7 Å². The van der Waals surface area contributed by atoms with Gasteiger partial charge in [0.25, 0.3) is 0 Å². The minimum absolute atomic E-state index is 0.156. The van der Waals surface area contributed by atoms with Crippen LogP contribution in [0, 0.1) is 5.92 Å². The summed E-state index contributed by atoms with van der Waals surface area (Å²) in [7, 11) is 1.57. The zero-order chi connectivity index (χ0) is 29.4. The Labute approximate surface area is 241 Å². The molecule has 3 aliphatic rings. The predicted molar refractivity (Wildman–Crippen MR) is 151 cm³/mol. The molecule has 0 saturated carbocycles. The highest BCUT2D eigenvalue weighted by atomic mass is 16.6. The Morgan fingerprint density at radius 2 is 1.63 bits per heavy atom. The monoisotopic (exact) mass is 570 g/mol. The first-order chi connectivity index (χ1) is 19.7. The van der Waals surface area contributed by atoms with Crippen molar-refractivity contribution in [2.45, 2.75) is 63.3 Å². The highest BCUT2D eigenvalue weighted by Crippen LogP contribution is 2.31. The fraction of sp³-hybridized carbons (Fsp3) is 0.600. The molecule has 4 rings (SSSR count). The van der Waals surface area contributed by atoms with Gasteiger partial charge in [0.15, 0.2) is 5.78 Å². The molecule has 1 aromatic carbocycles. The first-order valence-electron chi connectivity index (χ1n) is 14.3. The highest BCUT2D eigenvalue weighted by molar-refractivity contribution is 5.98. The van der Waals surface area contributed by atoms with Gasteiger partial charge < -0.3 is 30.2 Å².